The summed E-state index contributed by atoms with van der Waals surface area (Å²) in [7, 11) is 0. The van der Waals surface area contributed by atoms with Gasteiger partial charge in [0.25, 0.3) is 0 Å². The van der Waals surface area contributed by atoms with E-state index in [9.17, 15) is 4.79 Å². The zero-order valence-corrected chi connectivity index (χ0v) is 26.6. The average Bonchev–Trinajstić information content (AvgIpc) is 3.45. The Hall–Kier alpha value is -4.50. The Morgan fingerprint density at radius 1 is 1.07 bits per heavy atom. The lowest BCUT2D eigenvalue weighted by Gasteiger charge is -2.40. The maximum Gasteiger partial charge on any atom is 0.310 e. The van der Waals surface area contributed by atoms with Gasteiger partial charge in [-0.05, 0) is 63.8 Å². The predicted molar refractivity (Wildman–Crippen MR) is 175 cm³/mol. The monoisotopic (exact) mass is 612 g/mol. The van der Waals surface area contributed by atoms with Crippen molar-refractivity contribution in [3.63, 3.8) is 0 Å². The lowest BCUT2D eigenvalue weighted by Crippen LogP contribution is -2.45. The molecule has 5 rings (SSSR count). The maximum atomic E-state index is 15.5. The zero-order chi connectivity index (χ0) is 32.1. The van der Waals surface area contributed by atoms with Gasteiger partial charge in [0.15, 0.2) is 5.65 Å². The highest BCUT2D eigenvalue weighted by molar-refractivity contribution is 5.79. The van der Waals surface area contributed by atoms with Crippen molar-refractivity contribution >= 4 is 17.4 Å². The summed E-state index contributed by atoms with van der Waals surface area (Å²) in [6, 6.07) is 13.0. The molecule has 0 aliphatic carbocycles. The summed E-state index contributed by atoms with van der Waals surface area (Å²) in [6.07, 6.45) is 5.10. The van der Waals surface area contributed by atoms with Crippen molar-refractivity contribution in [3.8, 4) is 28.1 Å². The van der Waals surface area contributed by atoms with Crippen molar-refractivity contribution in [2.45, 2.75) is 52.6 Å². The van der Waals surface area contributed by atoms with Crippen molar-refractivity contribution in [1.82, 2.24) is 14.6 Å². The van der Waals surface area contributed by atoms with Crippen LogP contribution >= 0.6 is 0 Å². The van der Waals surface area contributed by atoms with Crippen LogP contribution in [0.2, 0.25) is 0 Å². The number of piperidine rings is 1. The summed E-state index contributed by atoms with van der Waals surface area (Å²) in [5.74, 6) is 0.626. The first kappa shape index (κ1) is 31.9. The predicted octanol–water partition coefficient (Wildman–Crippen LogP) is 7.05. The number of aryl methyl sites for hydroxylation is 2. The van der Waals surface area contributed by atoms with E-state index in [-0.39, 0.29) is 30.4 Å². The van der Waals surface area contributed by atoms with Crippen LogP contribution in [0.25, 0.3) is 28.0 Å². The van der Waals surface area contributed by atoms with Crippen molar-refractivity contribution in [1.29, 1.82) is 0 Å². The third-order valence-corrected chi connectivity index (χ3v) is 8.28. The Labute approximate surface area is 264 Å². The van der Waals surface area contributed by atoms with E-state index in [4.69, 9.17) is 24.3 Å². The van der Waals surface area contributed by atoms with Crippen molar-refractivity contribution in [3.05, 3.63) is 90.4 Å². The number of esters is 1. The number of halogens is 1. The quantitative estimate of drug-likeness (QED) is 0.125. The van der Waals surface area contributed by atoms with Gasteiger partial charge >= 0.3 is 5.97 Å². The second-order valence-electron chi connectivity index (χ2n) is 11.6. The average molecular weight is 613 g/mol. The van der Waals surface area contributed by atoms with Gasteiger partial charge in [0.2, 0.25) is 0 Å². The van der Waals surface area contributed by atoms with Crippen LogP contribution < -0.4 is 9.64 Å². The van der Waals surface area contributed by atoms with Gasteiger partial charge in [0, 0.05) is 36.0 Å². The Kier molecular flexibility index (Phi) is 9.68. The molecule has 0 saturated carbocycles. The molecule has 0 radical (unpaired) electrons. The number of fused-ring (bicyclic) bond motifs is 1. The minimum atomic E-state index is -0.332. The van der Waals surface area contributed by atoms with Crippen LogP contribution in [0.1, 0.15) is 43.5 Å². The van der Waals surface area contributed by atoms with E-state index in [1.807, 2.05) is 41.8 Å². The first-order valence-corrected chi connectivity index (χ1v) is 15.4. The van der Waals surface area contributed by atoms with Crippen LogP contribution in [0.15, 0.2) is 67.8 Å². The summed E-state index contributed by atoms with van der Waals surface area (Å²) >= 11 is 0. The number of nitrogens with zero attached hydrogens (tertiary/aromatic N) is 4. The molecule has 0 N–H and O–H groups in total. The molecule has 0 atom stereocenters. The number of anilines is 1. The number of carbonyl (C=O) groups is 1. The molecule has 0 bridgehead atoms. The number of aromatic nitrogens is 3. The summed E-state index contributed by atoms with van der Waals surface area (Å²) in [6.45, 7) is 17.6. The molecular weight excluding hydrogens is 571 g/mol. The normalized spacial score (nSPS) is 14.4. The lowest BCUT2D eigenvalue weighted by atomic mass is 9.93. The number of ether oxygens (including phenoxy) is 3. The van der Waals surface area contributed by atoms with Gasteiger partial charge in [0.1, 0.15) is 24.0 Å². The number of rotatable bonds is 12. The molecule has 1 saturated heterocycles. The van der Waals surface area contributed by atoms with Gasteiger partial charge < -0.3 is 19.1 Å². The van der Waals surface area contributed by atoms with Gasteiger partial charge in [-0.15, -0.1) is 6.58 Å². The molecule has 0 amide bonds. The molecule has 0 spiro atoms. The molecule has 1 fully saturated rings. The van der Waals surface area contributed by atoms with Crippen LogP contribution in [-0.2, 0) is 20.7 Å². The molecule has 236 valence electrons. The fourth-order valence-electron chi connectivity index (χ4n) is 5.80. The van der Waals surface area contributed by atoms with Crippen molar-refractivity contribution in [2.24, 2.45) is 0 Å². The van der Waals surface area contributed by atoms with Crippen LogP contribution in [-0.4, -0.2) is 59.1 Å². The van der Waals surface area contributed by atoms with Gasteiger partial charge in [-0.2, -0.15) is 9.61 Å². The largest absolute Gasteiger partial charge is 0.489 e. The summed E-state index contributed by atoms with van der Waals surface area (Å²) in [5, 5.41) is 5.02. The van der Waals surface area contributed by atoms with Crippen molar-refractivity contribution in [2.75, 3.05) is 37.8 Å². The van der Waals surface area contributed by atoms with E-state index >= 15 is 4.39 Å². The van der Waals surface area contributed by atoms with Gasteiger partial charge in [-0.1, -0.05) is 43.0 Å². The lowest BCUT2D eigenvalue weighted by molar-refractivity contribution is -0.142. The van der Waals surface area contributed by atoms with E-state index < -0.39 is 0 Å². The van der Waals surface area contributed by atoms with Gasteiger partial charge in [0.05, 0.1) is 36.5 Å². The number of benzene rings is 2. The fourth-order valence-corrected chi connectivity index (χ4v) is 5.80. The topological polar surface area (TPSA) is 78.2 Å². The fraction of sp³-hybridized carbons (Fsp3) is 0.361. The smallest absolute Gasteiger partial charge is 0.310 e. The maximum absolute atomic E-state index is 15.5. The standard InChI is InChI=1S/C36H41FN4O4/c1-7-19-44-30-14-13-24(4)34(37)33(30)27-12-10-11-26(21-27)29-23-31-38-25(5)28(22-32(42)43-9-3)35(41(31)39-29)40-17-15-36(6,16-18-40)45-20-8-2/h7-8,10-14,21,23H,1-2,9,15-20,22H2,3-6H3. The molecule has 1 aliphatic heterocycles. The van der Waals surface area contributed by atoms with Gasteiger partial charge in [-0.25, -0.2) is 9.37 Å². The van der Waals surface area contributed by atoms with Crippen LogP contribution in [0.4, 0.5) is 10.2 Å². The molecule has 2 aromatic carbocycles. The molecule has 0 unspecified atom stereocenters. The van der Waals surface area contributed by atoms with Crippen LogP contribution in [0.5, 0.6) is 5.75 Å². The third-order valence-electron chi connectivity index (χ3n) is 8.28. The SMILES string of the molecule is C=CCOc1ccc(C)c(F)c1-c1cccc(-c2cc3nc(C)c(CC(=O)OCC)c(N4CCC(C)(OCC=C)CC4)n3n2)c1. The summed E-state index contributed by atoms with van der Waals surface area (Å²) < 4.78 is 34.6. The first-order valence-electron chi connectivity index (χ1n) is 15.4. The van der Waals surface area contributed by atoms with E-state index in [0.29, 0.717) is 60.1 Å². The molecule has 45 heavy (non-hydrogen) atoms. The highest BCUT2D eigenvalue weighted by Gasteiger charge is 2.33. The Morgan fingerprint density at radius 2 is 1.80 bits per heavy atom. The molecule has 1 aliphatic rings. The third kappa shape index (κ3) is 6.78. The van der Waals surface area contributed by atoms with E-state index in [1.165, 1.54) is 0 Å². The van der Waals surface area contributed by atoms with Crippen LogP contribution in [0.3, 0.4) is 0 Å². The molecular formula is C36H41FN4O4. The highest BCUT2D eigenvalue weighted by Crippen LogP contribution is 2.37. The minimum Gasteiger partial charge on any atom is -0.489 e. The molecule has 2 aromatic heterocycles. The van der Waals surface area contributed by atoms with E-state index in [0.717, 1.165) is 35.5 Å². The second-order valence-corrected chi connectivity index (χ2v) is 11.6. The van der Waals surface area contributed by atoms with Crippen LogP contribution in [0, 0.1) is 19.7 Å². The zero-order valence-electron chi connectivity index (χ0n) is 26.6. The molecule has 9 heteroatoms. The van der Waals surface area contributed by atoms with Gasteiger partial charge in [-0.3, -0.25) is 4.79 Å². The molecule has 3 heterocycles. The van der Waals surface area contributed by atoms with E-state index in [1.54, 1.807) is 38.1 Å². The summed E-state index contributed by atoms with van der Waals surface area (Å²) in [4.78, 5) is 19.8. The van der Waals surface area contributed by atoms with E-state index in [2.05, 4.69) is 25.0 Å². The minimum absolute atomic E-state index is 0.0868. The first-order chi connectivity index (χ1) is 21.7. The highest BCUT2D eigenvalue weighted by atomic mass is 19.1. The second kappa shape index (κ2) is 13.6. The number of hydrogen-bond donors (Lipinski definition) is 0. The Bertz CT molecular complexity index is 1720. The van der Waals surface area contributed by atoms with Crippen molar-refractivity contribution < 1.29 is 23.4 Å². The number of hydrogen-bond acceptors (Lipinski definition) is 7. The summed E-state index contributed by atoms with van der Waals surface area (Å²) in [5.41, 5.74) is 4.99. The number of carbonyl (C=O) groups excluding carboxylic acids is 1. The Balaban J connectivity index is 1.59. The molecule has 4 aromatic rings. The molecule has 8 nitrogen and oxygen atoms in total. The Morgan fingerprint density at radius 3 is 2.51 bits per heavy atom.